The van der Waals surface area contributed by atoms with Crippen LogP contribution in [0.3, 0.4) is 0 Å². The Morgan fingerprint density at radius 1 is 1.18 bits per heavy atom. The highest BCUT2D eigenvalue weighted by molar-refractivity contribution is 6.30. The normalized spacial score (nSPS) is 23.6. The van der Waals surface area contributed by atoms with E-state index in [0.717, 1.165) is 12.8 Å². The fraction of sp³-hybridized carbons (Fsp3) is 0.654. The molecule has 0 aromatic carbocycles. The summed E-state index contributed by atoms with van der Waals surface area (Å²) < 4.78 is 2.06. The molecule has 3 unspecified atom stereocenters. The van der Waals surface area contributed by atoms with Crippen LogP contribution in [0.1, 0.15) is 77.6 Å². The fourth-order valence-electron chi connectivity index (χ4n) is 4.62. The molecule has 2 rings (SSSR count). The predicted molar refractivity (Wildman–Crippen MR) is 132 cm³/mol. The lowest BCUT2D eigenvalue weighted by Crippen LogP contribution is -2.34. The van der Waals surface area contributed by atoms with Crippen molar-refractivity contribution >= 4 is 29.6 Å². The van der Waals surface area contributed by atoms with Crippen LogP contribution < -0.4 is 5.73 Å². The number of ketones is 1. The molecule has 2 aliphatic rings. The molecular weight excluding hydrogens is 434 g/mol. The summed E-state index contributed by atoms with van der Waals surface area (Å²) in [6.07, 6.45) is 18.7. The van der Waals surface area contributed by atoms with E-state index in [2.05, 4.69) is 28.6 Å². The number of unbranched alkanes of at least 4 members (excludes halogenated alkanes) is 5. The van der Waals surface area contributed by atoms with E-state index >= 15 is 0 Å². The number of carbonyl (C=O) groups is 3. The van der Waals surface area contributed by atoms with Crippen LogP contribution in [0.2, 0.25) is 0 Å². The van der Waals surface area contributed by atoms with Gasteiger partial charge in [0.15, 0.2) is 12.3 Å². The molecular formula is C26H40N3O5+. The van der Waals surface area contributed by atoms with Gasteiger partial charge in [-0.25, -0.2) is 9.57 Å². The fourth-order valence-corrected chi connectivity index (χ4v) is 4.62. The Balaban J connectivity index is 2.05. The van der Waals surface area contributed by atoms with E-state index in [-0.39, 0.29) is 36.5 Å². The van der Waals surface area contributed by atoms with Gasteiger partial charge in [-0.05, 0) is 32.1 Å². The molecule has 8 heteroatoms. The van der Waals surface area contributed by atoms with Crippen molar-refractivity contribution in [2.24, 2.45) is 22.6 Å². The Morgan fingerprint density at radius 3 is 2.65 bits per heavy atom. The van der Waals surface area contributed by atoms with Gasteiger partial charge in [-0.3, -0.25) is 14.4 Å². The average molecular weight is 475 g/mol. The van der Waals surface area contributed by atoms with Crippen molar-refractivity contribution in [2.45, 2.75) is 89.6 Å². The van der Waals surface area contributed by atoms with E-state index in [4.69, 9.17) is 15.9 Å². The standard InChI is InChI=1S/C26H39N3O5/c1-2-3-4-5-6-9-12-20-21(13-10-7-8-11-14-25(31)32)24(30)16-23(20)29-17-19(28-18-29)15-22(27)26(33)34/h7,9-10,12,17,20-23H,2-6,8,11,13-16,18,27H2,1H3,(H-,31,32,33,34)/p+1/t20-,21?,22?,23?/m1/s1. The SMILES string of the molecule is CCCCCCC=C[C@@H]1C(CC=CCCCC(=O)O)C(=O)CC1[N+]1=CC(CC(N)C(=O)O)=NC1. The number of Topliss-reactive ketones (excluding diaryl/α,β-unsaturated/α-hetero) is 1. The van der Waals surface area contributed by atoms with Gasteiger partial charge >= 0.3 is 11.9 Å². The number of nitrogens with two attached hydrogens (primary N) is 1. The Bertz CT molecular complexity index is 830. The number of hydrogen-bond acceptors (Lipinski definition) is 5. The lowest BCUT2D eigenvalue weighted by Gasteiger charge is -2.17. The minimum atomic E-state index is -1.05. The van der Waals surface area contributed by atoms with Crippen LogP contribution in [-0.2, 0) is 14.4 Å². The maximum absolute atomic E-state index is 13.0. The van der Waals surface area contributed by atoms with E-state index in [9.17, 15) is 14.4 Å². The van der Waals surface area contributed by atoms with Gasteiger partial charge in [-0.1, -0.05) is 50.5 Å². The minimum Gasteiger partial charge on any atom is -0.481 e. The van der Waals surface area contributed by atoms with E-state index in [1.54, 1.807) is 0 Å². The molecule has 0 spiro atoms. The third-order valence-corrected chi connectivity index (χ3v) is 6.56. The van der Waals surface area contributed by atoms with Gasteiger partial charge in [-0.2, -0.15) is 0 Å². The van der Waals surface area contributed by atoms with E-state index < -0.39 is 18.0 Å². The van der Waals surface area contributed by atoms with Gasteiger partial charge in [0.1, 0.15) is 17.5 Å². The molecule has 34 heavy (non-hydrogen) atoms. The molecule has 8 nitrogen and oxygen atoms in total. The molecule has 0 radical (unpaired) electrons. The summed E-state index contributed by atoms with van der Waals surface area (Å²) in [6, 6.07) is -0.995. The molecule has 1 saturated carbocycles. The summed E-state index contributed by atoms with van der Waals surface area (Å²) in [5.74, 6) is -1.68. The largest absolute Gasteiger partial charge is 0.481 e. The van der Waals surface area contributed by atoms with Gasteiger partial charge in [0, 0.05) is 24.7 Å². The zero-order valence-corrected chi connectivity index (χ0v) is 20.3. The van der Waals surface area contributed by atoms with Crippen molar-refractivity contribution in [3.8, 4) is 0 Å². The molecule has 0 aromatic rings. The highest BCUT2D eigenvalue weighted by Gasteiger charge is 2.47. The smallest absolute Gasteiger partial charge is 0.320 e. The number of carbonyl (C=O) groups excluding carboxylic acids is 1. The van der Waals surface area contributed by atoms with Gasteiger partial charge in [0.2, 0.25) is 6.67 Å². The molecule has 0 amide bonds. The van der Waals surface area contributed by atoms with Crippen LogP contribution in [-0.4, -0.2) is 63.2 Å². The molecule has 1 fully saturated rings. The van der Waals surface area contributed by atoms with Crippen molar-refractivity contribution in [1.82, 2.24) is 0 Å². The third-order valence-electron chi connectivity index (χ3n) is 6.56. The number of allylic oxidation sites excluding steroid dienone is 3. The first-order valence-electron chi connectivity index (χ1n) is 12.5. The molecule has 0 saturated heterocycles. The predicted octanol–water partition coefficient (Wildman–Crippen LogP) is 3.59. The van der Waals surface area contributed by atoms with Crippen LogP contribution in [0.25, 0.3) is 0 Å². The second-order valence-corrected chi connectivity index (χ2v) is 9.28. The number of hydrogen-bond donors (Lipinski definition) is 3. The van der Waals surface area contributed by atoms with Crippen molar-refractivity contribution < 1.29 is 29.2 Å². The quantitative estimate of drug-likeness (QED) is 0.178. The van der Waals surface area contributed by atoms with Crippen LogP contribution in [0.5, 0.6) is 0 Å². The molecule has 4 atom stereocenters. The summed E-state index contributed by atoms with van der Waals surface area (Å²) in [4.78, 5) is 39.2. The zero-order chi connectivity index (χ0) is 24.9. The maximum Gasteiger partial charge on any atom is 0.320 e. The van der Waals surface area contributed by atoms with Crippen molar-refractivity contribution in [3.05, 3.63) is 24.3 Å². The van der Waals surface area contributed by atoms with Crippen molar-refractivity contribution in [1.29, 1.82) is 0 Å². The van der Waals surface area contributed by atoms with Crippen molar-refractivity contribution in [2.75, 3.05) is 6.67 Å². The first-order chi connectivity index (χ1) is 16.3. The Labute approximate surface area is 202 Å². The number of carboxylic acids is 2. The second-order valence-electron chi connectivity index (χ2n) is 9.28. The van der Waals surface area contributed by atoms with E-state index in [1.807, 2.05) is 18.4 Å². The van der Waals surface area contributed by atoms with Crippen LogP contribution in [0.15, 0.2) is 29.3 Å². The first-order valence-corrected chi connectivity index (χ1v) is 12.5. The summed E-state index contributed by atoms with van der Waals surface area (Å²) in [5.41, 5.74) is 6.32. The van der Waals surface area contributed by atoms with E-state index in [0.29, 0.717) is 38.1 Å². The Morgan fingerprint density at radius 2 is 1.94 bits per heavy atom. The molecule has 0 bridgehead atoms. The summed E-state index contributed by atoms with van der Waals surface area (Å²) >= 11 is 0. The third kappa shape index (κ3) is 8.97. The number of carboxylic acid groups (broad SMARTS) is 2. The minimum absolute atomic E-state index is 0.00731. The summed E-state index contributed by atoms with van der Waals surface area (Å²) in [5, 5.41) is 17.8. The van der Waals surface area contributed by atoms with Gasteiger partial charge in [-0.15, -0.1) is 0 Å². The number of aliphatic carboxylic acids is 2. The van der Waals surface area contributed by atoms with Crippen LogP contribution >= 0.6 is 0 Å². The Kier molecular flexibility index (Phi) is 11.9. The van der Waals surface area contributed by atoms with Gasteiger partial charge in [0.25, 0.3) is 0 Å². The summed E-state index contributed by atoms with van der Waals surface area (Å²) in [7, 11) is 0. The lowest BCUT2D eigenvalue weighted by molar-refractivity contribution is -0.560. The highest BCUT2D eigenvalue weighted by atomic mass is 16.4. The van der Waals surface area contributed by atoms with Crippen LogP contribution in [0.4, 0.5) is 0 Å². The maximum atomic E-state index is 13.0. The van der Waals surface area contributed by atoms with Gasteiger partial charge < -0.3 is 15.9 Å². The molecule has 188 valence electrons. The Hall–Kier alpha value is -2.61. The van der Waals surface area contributed by atoms with Crippen molar-refractivity contribution in [3.63, 3.8) is 0 Å². The van der Waals surface area contributed by atoms with E-state index in [1.165, 1.54) is 19.3 Å². The molecule has 0 aromatic heterocycles. The monoisotopic (exact) mass is 474 g/mol. The number of rotatable bonds is 16. The summed E-state index contributed by atoms with van der Waals surface area (Å²) in [6.45, 7) is 2.61. The molecule has 1 aliphatic carbocycles. The van der Waals surface area contributed by atoms with Gasteiger partial charge in [0.05, 0.1) is 6.42 Å². The molecule has 1 heterocycles. The second kappa shape index (κ2) is 14.6. The first kappa shape index (κ1) is 27.6. The molecule has 4 N–H and O–H groups in total. The molecule has 1 aliphatic heterocycles. The highest BCUT2D eigenvalue weighted by Crippen LogP contribution is 2.35. The lowest BCUT2D eigenvalue weighted by atomic mass is 9.89. The van der Waals surface area contributed by atoms with Crippen LogP contribution in [0, 0.1) is 11.8 Å². The topological polar surface area (TPSA) is 133 Å². The zero-order valence-electron chi connectivity index (χ0n) is 20.3. The number of nitrogens with zero attached hydrogens (tertiary/aromatic N) is 2. The average Bonchev–Trinajstić information content (AvgIpc) is 3.37. The number of aliphatic imine (C=N–C) groups is 1.